The number of nitrogens with zero attached hydrogens (tertiary/aromatic N) is 4. The molecule has 0 spiro atoms. The van der Waals surface area contributed by atoms with Crippen molar-refractivity contribution in [2.24, 2.45) is 0 Å². The summed E-state index contributed by atoms with van der Waals surface area (Å²) in [6, 6.07) is 20.5. The second kappa shape index (κ2) is 6.36. The Morgan fingerprint density at radius 1 is 0.833 bits per heavy atom. The molecule has 117 valence electrons. The van der Waals surface area contributed by atoms with Crippen LogP contribution in [0.1, 0.15) is 19.0 Å². The Labute approximate surface area is 143 Å². The first-order chi connectivity index (χ1) is 11.9. The number of rotatable bonds is 4. The van der Waals surface area contributed by atoms with Crippen molar-refractivity contribution in [3.8, 4) is 0 Å². The molecule has 0 aliphatic carbocycles. The van der Waals surface area contributed by atoms with Crippen LogP contribution in [0.15, 0.2) is 66.9 Å². The second-order valence-corrected chi connectivity index (χ2v) is 5.77. The summed E-state index contributed by atoms with van der Waals surface area (Å²) in [5.74, 6) is 1.84. The van der Waals surface area contributed by atoms with Crippen LogP contribution in [-0.4, -0.2) is 17.5 Å². The Bertz CT molecular complexity index is 838. The van der Waals surface area contributed by atoms with Crippen molar-refractivity contribution in [3.63, 3.8) is 0 Å². The fourth-order valence-corrected chi connectivity index (χ4v) is 2.97. The van der Waals surface area contributed by atoms with Crippen LogP contribution in [0.4, 0.5) is 23.0 Å². The molecule has 0 amide bonds. The summed E-state index contributed by atoms with van der Waals surface area (Å²) < 4.78 is 0. The molecule has 0 unspecified atom stereocenters. The van der Waals surface area contributed by atoms with E-state index >= 15 is 0 Å². The van der Waals surface area contributed by atoms with Crippen LogP contribution >= 0.6 is 0 Å². The SMILES string of the molecule is CCCc1cccc(N2[B]N(c3ccccn3)c3ccccc32)n1. The first kappa shape index (κ1) is 14.8. The summed E-state index contributed by atoms with van der Waals surface area (Å²) in [6.45, 7) is 2.18. The van der Waals surface area contributed by atoms with E-state index < -0.39 is 0 Å². The van der Waals surface area contributed by atoms with Gasteiger partial charge in [0.2, 0.25) is 0 Å². The summed E-state index contributed by atoms with van der Waals surface area (Å²) in [5.41, 5.74) is 3.35. The molecule has 4 nitrogen and oxygen atoms in total. The van der Waals surface area contributed by atoms with Gasteiger partial charge >= 0.3 is 7.55 Å². The average Bonchev–Trinajstić information content (AvgIpc) is 3.03. The first-order valence-electron chi connectivity index (χ1n) is 8.26. The zero-order valence-electron chi connectivity index (χ0n) is 13.6. The molecule has 4 rings (SSSR count). The molecule has 0 N–H and O–H groups in total. The topological polar surface area (TPSA) is 32.3 Å². The van der Waals surface area contributed by atoms with Crippen molar-refractivity contribution in [1.82, 2.24) is 9.97 Å². The van der Waals surface area contributed by atoms with Gasteiger partial charge < -0.3 is 9.62 Å². The predicted octanol–water partition coefficient (Wildman–Crippen LogP) is 4.25. The van der Waals surface area contributed by atoms with Crippen molar-refractivity contribution in [1.29, 1.82) is 0 Å². The lowest BCUT2D eigenvalue weighted by molar-refractivity contribution is 0.882. The number of anilines is 4. The molecule has 5 heteroatoms. The minimum absolute atomic E-state index is 0.900. The number of hydrogen-bond acceptors (Lipinski definition) is 4. The van der Waals surface area contributed by atoms with Gasteiger partial charge in [0.15, 0.2) is 0 Å². The molecule has 1 aliphatic heterocycles. The maximum atomic E-state index is 4.82. The summed E-state index contributed by atoms with van der Waals surface area (Å²) in [6.07, 6.45) is 3.90. The minimum atomic E-state index is 0.900. The van der Waals surface area contributed by atoms with E-state index in [9.17, 15) is 0 Å². The predicted molar refractivity (Wildman–Crippen MR) is 98.9 cm³/mol. The molecule has 0 saturated carbocycles. The van der Waals surface area contributed by atoms with E-state index in [-0.39, 0.29) is 0 Å². The molecule has 1 aromatic carbocycles. The van der Waals surface area contributed by atoms with Crippen molar-refractivity contribution in [2.45, 2.75) is 19.8 Å². The molecule has 2 aromatic heterocycles. The van der Waals surface area contributed by atoms with Gasteiger partial charge in [0.25, 0.3) is 0 Å². The molecule has 0 saturated heterocycles. The Kier molecular flexibility index (Phi) is 3.91. The number of fused-ring (bicyclic) bond motifs is 1. The van der Waals surface area contributed by atoms with Crippen LogP contribution in [0.25, 0.3) is 0 Å². The molecular formula is C19H18BN4. The molecule has 0 fully saturated rings. The van der Waals surface area contributed by atoms with E-state index in [1.54, 1.807) is 0 Å². The second-order valence-electron chi connectivity index (χ2n) is 5.77. The monoisotopic (exact) mass is 313 g/mol. The van der Waals surface area contributed by atoms with Gasteiger partial charge in [0.05, 0.1) is 11.4 Å². The van der Waals surface area contributed by atoms with Gasteiger partial charge in [-0.2, -0.15) is 0 Å². The largest absolute Gasteiger partial charge is 0.403 e. The molecule has 1 aliphatic rings. The van der Waals surface area contributed by atoms with E-state index in [2.05, 4.69) is 59.4 Å². The number of hydrogen-bond donors (Lipinski definition) is 0. The molecule has 0 atom stereocenters. The molecular weight excluding hydrogens is 295 g/mol. The highest BCUT2D eigenvalue weighted by molar-refractivity contribution is 6.54. The summed E-state index contributed by atoms with van der Waals surface area (Å²) in [5, 5.41) is 0. The fraction of sp³-hybridized carbons (Fsp3) is 0.158. The van der Waals surface area contributed by atoms with Gasteiger partial charge in [-0.25, -0.2) is 9.97 Å². The van der Waals surface area contributed by atoms with Crippen LogP contribution in [-0.2, 0) is 6.42 Å². The van der Waals surface area contributed by atoms with Gasteiger partial charge in [-0.3, -0.25) is 0 Å². The summed E-state index contributed by atoms with van der Waals surface area (Å²) >= 11 is 0. The number of pyridine rings is 2. The van der Waals surface area contributed by atoms with E-state index in [1.807, 2.05) is 36.5 Å². The Morgan fingerprint density at radius 2 is 1.54 bits per heavy atom. The van der Waals surface area contributed by atoms with Crippen molar-refractivity contribution < 1.29 is 0 Å². The normalized spacial score (nSPS) is 12.9. The van der Waals surface area contributed by atoms with Gasteiger partial charge in [-0.1, -0.05) is 37.6 Å². The third kappa shape index (κ3) is 2.62. The maximum Gasteiger partial charge on any atom is 0.403 e. The van der Waals surface area contributed by atoms with Gasteiger partial charge in [0, 0.05) is 11.9 Å². The smallest absolute Gasteiger partial charge is 0.351 e. The van der Waals surface area contributed by atoms with E-state index in [0.717, 1.165) is 41.5 Å². The van der Waals surface area contributed by atoms with Gasteiger partial charge in [-0.15, -0.1) is 0 Å². The lowest BCUT2D eigenvalue weighted by Crippen LogP contribution is -2.29. The fourth-order valence-electron chi connectivity index (χ4n) is 2.97. The van der Waals surface area contributed by atoms with Crippen LogP contribution in [0.5, 0.6) is 0 Å². The average molecular weight is 313 g/mol. The van der Waals surface area contributed by atoms with Crippen LogP contribution < -0.4 is 9.62 Å². The number of aromatic nitrogens is 2. The van der Waals surface area contributed by atoms with Crippen molar-refractivity contribution >= 4 is 30.6 Å². The highest BCUT2D eigenvalue weighted by Gasteiger charge is 2.31. The van der Waals surface area contributed by atoms with Crippen molar-refractivity contribution in [3.05, 3.63) is 72.6 Å². The Morgan fingerprint density at radius 3 is 2.25 bits per heavy atom. The van der Waals surface area contributed by atoms with E-state index in [1.165, 1.54) is 0 Å². The quantitative estimate of drug-likeness (QED) is 0.674. The third-order valence-corrected chi connectivity index (χ3v) is 4.07. The molecule has 1 radical (unpaired) electrons. The zero-order valence-corrected chi connectivity index (χ0v) is 13.6. The number of para-hydroxylation sites is 2. The maximum absolute atomic E-state index is 4.82. The standard InChI is InChI=1S/C19H18BN4/c1-2-8-15-9-7-13-19(22-15)24-17-11-4-3-10-16(17)23(20-24)18-12-5-6-14-21-18/h3-7,9-14H,2,8H2,1H3. The molecule has 3 aromatic rings. The Balaban J connectivity index is 1.74. The first-order valence-corrected chi connectivity index (χ1v) is 8.26. The zero-order chi connectivity index (χ0) is 16.4. The lowest BCUT2D eigenvalue weighted by atomic mass is 10.1. The summed E-state index contributed by atoms with van der Waals surface area (Å²) in [4.78, 5) is 13.5. The van der Waals surface area contributed by atoms with Gasteiger partial charge in [-0.05, 0) is 42.8 Å². The molecule has 3 heterocycles. The molecule has 24 heavy (non-hydrogen) atoms. The van der Waals surface area contributed by atoms with Crippen LogP contribution in [0.3, 0.4) is 0 Å². The third-order valence-electron chi connectivity index (χ3n) is 4.07. The Hall–Kier alpha value is -2.82. The highest BCUT2D eigenvalue weighted by Crippen LogP contribution is 2.41. The van der Waals surface area contributed by atoms with Crippen molar-refractivity contribution in [2.75, 3.05) is 9.62 Å². The van der Waals surface area contributed by atoms with Gasteiger partial charge in [0.1, 0.15) is 11.6 Å². The van der Waals surface area contributed by atoms with Crippen LogP contribution in [0, 0.1) is 0 Å². The van der Waals surface area contributed by atoms with E-state index in [4.69, 9.17) is 4.98 Å². The molecule has 0 bridgehead atoms. The minimum Gasteiger partial charge on any atom is -0.351 e. The highest BCUT2D eigenvalue weighted by atomic mass is 15.3. The lowest BCUT2D eigenvalue weighted by Gasteiger charge is -2.19. The number of aryl methyl sites for hydroxylation is 1. The van der Waals surface area contributed by atoms with E-state index in [0.29, 0.717) is 0 Å². The van der Waals surface area contributed by atoms with Crippen LogP contribution in [0.2, 0.25) is 0 Å². The summed E-state index contributed by atoms with van der Waals surface area (Å²) in [7, 11) is 2.06. The number of benzene rings is 1.